The van der Waals surface area contributed by atoms with E-state index in [1.165, 1.54) is 17.0 Å². The molecule has 8 nitrogen and oxygen atoms in total. The predicted molar refractivity (Wildman–Crippen MR) is 124 cm³/mol. The van der Waals surface area contributed by atoms with Gasteiger partial charge in [-0.1, -0.05) is 48.0 Å². The summed E-state index contributed by atoms with van der Waals surface area (Å²) in [6, 6.07) is 23.2. The minimum absolute atomic E-state index is 0.165. The Morgan fingerprint density at radius 1 is 0.970 bits per heavy atom. The summed E-state index contributed by atoms with van der Waals surface area (Å²) in [5, 5.41) is 7.40. The lowest BCUT2D eigenvalue weighted by Gasteiger charge is -2.09. The van der Waals surface area contributed by atoms with Crippen LogP contribution in [0, 0.1) is 6.92 Å². The van der Waals surface area contributed by atoms with Gasteiger partial charge >= 0.3 is 0 Å². The van der Waals surface area contributed by atoms with Crippen LogP contribution in [0.15, 0.2) is 94.3 Å². The fourth-order valence-corrected chi connectivity index (χ4v) is 3.37. The number of aryl methyl sites for hydroxylation is 1. The third kappa shape index (κ3) is 4.22. The Labute approximate surface area is 188 Å². The summed E-state index contributed by atoms with van der Waals surface area (Å²) in [5.41, 5.74) is 2.95. The standard InChI is InChI=1S/C25H19N5O3/c1-16-9-11-18(12-10-16)24(32)27-22-14-20(21-8-5-13-33-21)29-30(22)25-26-19(15-23(31)28-25)17-6-3-2-4-7-17/h2-15H,1H3,(H,27,32)(H,26,28,31). The zero-order valence-electron chi connectivity index (χ0n) is 17.6. The van der Waals surface area contributed by atoms with Crippen molar-refractivity contribution in [3.8, 4) is 28.7 Å². The Morgan fingerprint density at radius 2 is 1.76 bits per heavy atom. The van der Waals surface area contributed by atoms with Gasteiger partial charge in [0.2, 0.25) is 5.95 Å². The van der Waals surface area contributed by atoms with E-state index >= 15 is 0 Å². The lowest BCUT2D eigenvalue weighted by molar-refractivity contribution is 0.102. The van der Waals surface area contributed by atoms with E-state index in [1.54, 1.807) is 30.3 Å². The molecule has 0 aliphatic heterocycles. The molecular formula is C25H19N5O3. The largest absolute Gasteiger partial charge is 0.463 e. The molecule has 5 aromatic rings. The van der Waals surface area contributed by atoms with Crippen LogP contribution in [-0.2, 0) is 0 Å². The summed E-state index contributed by atoms with van der Waals surface area (Å²) in [6.45, 7) is 1.95. The first-order valence-corrected chi connectivity index (χ1v) is 10.3. The predicted octanol–water partition coefficient (Wildman–Crippen LogP) is 4.44. The summed E-state index contributed by atoms with van der Waals surface area (Å²) in [5.74, 6) is 0.698. The van der Waals surface area contributed by atoms with Crippen LogP contribution in [0.4, 0.5) is 5.82 Å². The molecule has 0 aliphatic rings. The number of rotatable bonds is 5. The van der Waals surface area contributed by atoms with Gasteiger partial charge in [0, 0.05) is 23.3 Å². The molecule has 1 amide bonds. The van der Waals surface area contributed by atoms with Gasteiger partial charge in [-0.3, -0.25) is 14.6 Å². The van der Waals surface area contributed by atoms with Crippen molar-refractivity contribution in [1.29, 1.82) is 0 Å². The van der Waals surface area contributed by atoms with Crippen LogP contribution in [0.25, 0.3) is 28.7 Å². The number of hydrogen-bond acceptors (Lipinski definition) is 5. The highest BCUT2D eigenvalue weighted by molar-refractivity contribution is 6.04. The van der Waals surface area contributed by atoms with Crippen LogP contribution in [0.2, 0.25) is 0 Å². The van der Waals surface area contributed by atoms with Gasteiger partial charge in [0.15, 0.2) is 5.76 Å². The zero-order valence-corrected chi connectivity index (χ0v) is 17.6. The van der Waals surface area contributed by atoms with E-state index in [0.717, 1.165) is 11.1 Å². The quantitative estimate of drug-likeness (QED) is 0.423. The number of furan rings is 1. The number of carbonyl (C=O) groups is 1. The molecule has 2 aromatic carbocycles. The highest BCUT2D eigenvalue weighted by Gasteiger charge is 2.18. The Morgan fingerprint density at radius 3 is 2.48 bits per heavy atom. The van der Waals surface area contributed by atoms with E-state index < -0.39 is 0 Å². The lowest BCUT2D eigenvalue weighted by Crippen LogP contribution is -2.18. The second-order valence-electron chi connectivity index (χ2n) is 7.44. The molecule has 0 saturated heterocycles. The number of amides is 1. The van der Waals surface area contributed by atoms with Crippen molar-refractivity contribution in [2.45, 2.75) is 6.92 Å². The summed E-state index contributed by atoms with van der Waals surface area (Å²) < 4.78 is 6.85. The molecule has 0 saturated carbocycles. The average molecular weight is 437 g/mol. The molecule has 0 atom stereocenters. The molecule has 162 valence electrons. The molecule has 3 heterocycles. The first kappa shape index (κ1) is 20.2. The van der Waals surface area contributed by atoms with Crippen molar-refractivity contribution in [2.75, 3.05) is 5.32 Å². The molecule has 5 rings (SSSR count). The maximum absolute atomic E-state index is 12.9. The minimum atomic E-state index is -0.343. The number of carbonyl (C=O) groups excluding carboxylic acids is 1. The van der Waals surface area contributed by atoms with Gasteiger partial charge in [-0.2, -0.15) is 9.78 Å². The zero-order chi connectivity index (χ0) is 22.8. The second kappa shape index (κ2) is 8.43. The lowest BCUT2D eigenvalue weighted by atomic mass is 10.1. The molecule has 0 spiro atoms. The number of nitrogens with one attached hydrogen (secondary N) is 2. The highest BCUT2D eigenvalue weighted by atomic mass is 16.3. The Hall–Kier alpha value is -4.72. The summed E-state index contributed by atoms with van der Waals surface area (Å²) in [4.78, 5) is 32.6. The smallest absolute Gasteiger partial charge is 0.256 e. The Bertz CT molecular complexity index is 1470. The molecule has 0 aliphatic carbocycles. The van der Waals surface area contributed by atoms with Gasteiger partial charge in [-0.05, 0) is 31.2 Å². The molecule has 0 radical (unpaired) electrons. The second-order valence-corrected chi connectivity index (χ2v) is 7.44. The van der Waals surface area contributed by atoms with Crippen LogP contribution in [0.5, 0.6) is 0 Å². The topological polar surface area (TPSA) is 106 Å². The number of anilines is 1. The van der Waals surface area contributed by atoms with Gasteiger partial charge in [-0.15, -0.1) is 0 Å². The van der Waals surface area contributed by atoms with E-state index in [0.29, 0.717) is 28.5 Å². The molecule has 33 heavy (non-hydrogen) atoms. The highest BCUT2D eigenvalue weighted by Crippen LogP contribution is 2.25. The number of benzene rings is 2. The van der Waals surface area contributed by atoms with Crippen molar-refractivity contribution < 1.29 is 9.21 Å². The van der Waals surface area contributed by atoms with Crippen molar-refractivity contribution in [2.24, 2.45) is 0 Å². The number of hydrogen-bond donors (Lipinski definition) is 2. The maximum atomic E-state index is 12.9. The van der Waals surface area contributed by atoms with Crippen LogP contribution in [0.3, 0.4) is 0 Å². The van der Waals surface area contributed by atoms with Crippen molar-refractivity contribution >= 4 is 11.7 Å². The van der Waals surface area contributed by atoms with Crippen LogP contribution < -0.4 is 10.9 Å². The van der Waals surface area contributed by atoms with E-state index in [2.05, 4.69) is 20.4 Å². The van der Waals surface area contributed by atoms with Crippen LogP contribution in [-0.4, -0.2) is 25.7 Å². The normalized spacial score (nSPS) is 10.8. The molecule has 0 fully saturated rings. The third-order valence-electron chi connectivity index (χ3n) is 5.04. The fraction of sp³-hybridized carbons (Fsp3) is 0.0400. The molecule has 8 heteroatoms. The van der Waals surface area contributed by atoms with Crippen molar-refractivity contribution in [1.82, 2.24) is 19.7 Å². The average Bonchev–Trinajstić information content (AvgIpc) is 3.50. The van der Waals surface area contributed by atoms with Gasteiger partial charge in [0.25, 0.3) is 11.5 Å². The summed E-state index contributed by atoms with van der Waals surface area (Å²) in [6.07, 6.45) is 1.54. The van der Waals surface area contributed by atoms with Gasteiger partial charge < -0.3 is 9.73 Å². The molecule has 0 bridgehead atoms. The number of aromatic nitrogens is 4. The molecule has 0 unspecified atom stereocenters. The molecular weight excluding hydrogens is 418 g/mol. The van der Waals surface area contributed by atoms with Crippen LogP contribution in [0.1, 0.15) is 15.9 Å². The Kier molecular flexibility index (Phi) is 5.16. The number of H-pyrrole nitrogens is 1. The monoisotopic (exact) mass is 437 g/mol. The van der Waals surface area contributed by atoms with Gasteiger partial charge in [0.05, 0.1) is 12.0 Å². The van der Waals surface area contributed by atoms with Gasteiger partial charge in [0.1, 0.15) is 11.5 Å². The molecule has 2 N–H and O–H groups in total. The fourth-order valence-electron chi connectivity index (χ4n) is 3.37. The van der Waals surface area contributed by atoms with Crippen molar-refractivity contribution in [3.05, 3.63) is 107 Å². The van der Waals surface area contributed by atoms with E-state index in [4.69, 9.17) is 4.42 Å². The third-order valence-corrected chi connectivity index (χ3v) is 5.04. The summed E-state index contributed by atoms with van der Waals surface area (Å²) in [7, 11) is 0. The number of aromatic amines is 1. The SMILES string of the molecule is Cc1ccc(C(=O)Nc2cc(-c3ccco3)nn2-c2nc(-c3ccccc3)cc(=O)[nH]2)cc1. The van der Waals surface area contributed by atoms with Crippen LogP contribution >= 0.6 is 0 Å². The van der Waals surface area contributed by atoms with E-state index in [9.17, 15) is 9.59 Å². The van der Waals surface area contributed by atoms with Gasteiger partial charge in [-0.25, -0.2) is 4.98 Å². The minimum Gasteiger partial charge on any atom is -0.463 e. The van der Waals surface area contributed by atoms with Crippen molar-refractivity contribution in [3.63, 3.8) is 0 Å². The molecule has 3 aromatic heterocycles. The maximum Gasteiger partial charge on any atom is 0.256 e. The Balaban J connectivity index is 1.59. The first-order chi connectivity index (χ1) is 16.1. The summed E-state index contributed by atoms with van der Waals surface area (Å²) >= 11 is 0. The van der Waals surface area contributed by atoms with E-state index in [-0.39, 0.29) is 17.4 Å². The van der Waals surface area contributed by atoms with E-state index in [1.807, 2.05) is 49.4 Å². The first-order valence-electron chi connectivity index (χ1n) is 10.3. The number of nitrogens with zero attached hydrogens (tertiary/aromatic N) is 3.